The lowest BCUT2D eigenvalue weighted by Crippen LogP contribution is -2.13. The number of nitrogens with two attached hydrogens (primary N) is 1. The van der Waals surface area contributed by atoms with E-state index in [0.717, 1.165) is 0 Å². The lowest BCUT2D eigenvalue weighted by atomic mass is 10.2. The van der Waals surface area contributed by atoms with Crippen LogP contribution in [0.3, 0.4) is 0 Å². The van der Waals surface area contributed by atoms with E-state index in [1.54, 1.807) is 18.2 Å². The molecular weight excluding hydrogens is 280 g/mol. The van der Waals surface area contributed by atoms with Crippen LogP contribution in [-0.2, 0) is 0 Å². The maximum Gasteiger partial charge on any atom is 0.257 e. The fourth-order valence-electron chi connectivity index (χ4n) is 1.70. The largest absolute Gasteiger partial charge is 0.508 e. The molecule has 0 radical (unpaired) electrons. The Morgan fingerprint density at radius 2 is 2.05 bits per heavy atom. The van der Waals surface area contributed by atoms with Gasteiger partial charge in [0, 0.05) is 5.69 Å². The van der Waals surface area contributed by atoms with Gasteiger partial charge in [-0.25, -0.2) is 0 Å². The molecule has 2 aromatic carbocycles. The molecule has 2 aromatic rings. The number of halogens is 1. The second-order valence-electron chi connectivity index (χ2n) is 4.08. The average molecular weight is 293 g/mol. The molecule has 20 heavy (non-hydrogen) atoms. The second-order valence-corrected chi connectivity index (χ2v) is 4.49. The predicted octanol–water partition coefficient (Wildman–Crippen LogP) is 2.89. The molecule has 0 bridgehead atoms. The number of phenols is 1. The maximum atomic E-state index is 12.2. The van der Waals surface area contributed by atoms with Crippen LogP contribution in [0.25, 0.3) is 0 Å². The van der Waals surface area contributed by atoms with Crippen LogP contribution < -0.4 is 15.8 Å². The standard InChI is InChI=1S/C14H13ClN2O3/c1-20-13-5-2-8(16)6-12(13)17-14(19)10-7-9(18)3-4-11(10)15/h2-7,18H,16H2,1H3,(H,17,19). The van der Waals surface area contributed by atoms with Gasteiger partial charge in [0.1, 0.15) is 11.5 Å². The molecule has 0 aliphatic heterocycles. The minimum absolute atomic E-state index is 0.0425. The monoisotopic (exact) mass is 292 g/mol. The summed E-state index contributed by atoms with van der Waals surface area (Å²) in [7, 11) is 1.49. The van der Waals surface area contributed by atoms with Crippen molar-refractivity contribution in [2.75, 3.05) is 18.2 Å². The van der Waals surface area contributed by atoms with Crippen molar-refractivity contribution in [2.45, 2.75) is 0 Å². The first-order valence-electron chi connectivity index (χ1n) is 5.74. The number of carbonyl (C=O) groups excluding carboxylic acids is 1. The molecule has 0 aliphatic rings. The van der Waals surface area contributed by atoms with Crippen LogP contribution >= 0.6 is 11.6 Å². The Hall–Kier alpha value is -2.40. The van der Waals surface area contributed by atoms with Crippen molar-refractivity contribution in [2.24, 2.45) is 0 Å². The molecule has 104 valence electrons. The third kappa shape index (κ3) is 2.95. The molecule has 0 spiro atoms. The van der Waals surface area contributed by atoms with Gasteiger partial charge in [0.15, 0.2) is 0 Å². The van der Waals surface area contributed by atoms with Crippen molar-refractivity contribution >= 4 is 28.9 Å². The Morgan fingerprint density at radius 3 is 2.75 bits per heavy atom. The highest BCUT2D eigenvalue weighted by atomic mass is 35.5. The number of nitrogens with one attached hydrogen (secondary N) is 1. The zero-order valence-corrected chi connectivity index (χ0v) is 11.4. The third-order valence-corrected chi connectivity index (χ3v) is 3.00. The average Bonchev–Trinajstić information content (AvgIpc) is 2.41. The number of hydrogen-bond acceptors (Lipinski definition) is 4. The van der Waals surface area contributed by atoms with E-state index in [-0.39, 0.29) is 16.3 Å². The van der Waals surface area contributed by atoms with Gasteiger partial charge in [-0.15, -0.1) is 0 Å². The van der Waals surface area contributed by atoms with Crippen molar-refractivity contribution in [1.29, 1.82) is 0 Å². The number of amides is 1. The molecule has 4 N–H and O–H groups in total. The molecule has 0 fully saturated rings. The number of nitrogen functional groups attached to an aromatic ring is 1. The van der Waals surface area contributed by atoms with Crippen molar-refractivity contribution < 1.29 is 14.6 Å². The van der Waals surface area contributed by atoms with Crippen LogP contribution in [-0.4, -0.2) is 18.1 Å². The van der Waals surface area contributed by atoms with Crippen LogP contribution in [0, 0.1) is 0 Å². The molecule has 0 saturated heterocycles. The number of rotatable bonds is 3. The highest BCUT2D eigenvalue weighted by Crippen LogP contribution is 2.28. The molecule has 0 unspecified atom stereocenters. The minimum Gasteiger partial charge on any atom is -0.508 e. The van der Waals surface area contributed by atoms with Gasteiger partial charge in [0.25, 0.3) is 5.91 Å². The smallest absolute Gasteiger partial charge is 0.257 e. The van der Waals surface area contributed by atoms with Gasteiger partial charge in [0.2, 0.25) is 0 Å². The van der Waals surface area contributed by atoms with E-state index in [2.05, 4.69) is 5.32 Å². The predicted molar refractivity (Wildman–Crippen MR) is 78.5 cm³/mol. The lowest BCUT2D eigenvalue weighted by Gasteiger charge is -2.11. The molecule has 2 rings (SSSR count). The Morgan fingerprint density at radius 1 is 1.30 bits per heavy atom. The van der Waals surface area contributed by atoms with Crippen LogP contribution in [0.5, 0.6) is 11.5 Å². The summed E-state index contributed by atoms with van der Waals surface area (Å²) in [6, 6.07) is 9.03. The summed E-state index contributed by atoms with van der Waals surface area (Å²) in [5.74, 6) is -0.0299. The summed E-state index contributed by atoms with van der Waals surface area (Å²) in [5.41, 5.74) is 6.76. The van der Waals surface area contributed by atoms with Gasteiger partial charge >= 0.3 is 0 Å². The molecule has 1 amide bonds. The van der Waals surface area contributed by atoms with Gasteiger partial charge in [-0.2, -0.15) is 0 Å². The minimum atomic E-state index is -0.463. The summed E-state index contributed by atoms with van der Waals surface area (Å²) in [6.07, 6.45) is 0. The van der Waals surface area contributed by atoms with E-state index in [1.165, 1.54) is 25.3 Å². The highest BCUT2D eigenvalue weighted by Gasteiger charge is 2.14. The molecule has 0 heterocycles. The fraction of sp³-hybridized carbons (Fsp3) is 0.0714. The first kappa shape index (κ1) is 14.0. The molecule has 0 atom stereocenters. The van der Waals surface area contributed by atoms with Crippen molar-refractivity contribution in [1.82, 2.24) is 0 Å². The van der Waals surface area contributed by atoms with Gasteiger partial charge in [0.05, 0.1) is 23.4 Å². The number of anilines is 2. The number of phenolic OH excluding ortho intramolecular Hbond substituents is 1. The Labute approximate surface area is 120 Å². The molecular formula is C14H13ClN2O3. The SMILES string of the molecule is COc1ccc(N)cc1NC(=O)c1cc(O)ccc1Cl. The van der Waals surface area contributed by atoms with Gasteiger partial charge in [-0.05, 0) is 36.4 Å². The lowest BCUT2D eigenvalue weighted by molar-refractivity contribution is 0.102. The zero-order valence-electron chi connectivity index (χ0n) is 10.7. The molecule has 0 aromatic heterocycles. The highest BCUT2D eigenvalue weighted by molar-refractivity contribution is 6.34. The Balaban J connectivity index is 2.32. The van der Waals surface area contributed by atoms with Crippen molar-refractivity contribution in [3.8, 4) is 11.5 Å². The number of ether oxygens (including phenoxy) is 1. The van der Waals surface area contributed by atoms with Crippen molar-refractivity contribution in [3.63, 3.8) is 0 Å². The van der Waals surface area contributed by atoms with Crippen LogP contribution in [0.2, 0.25) is 5.02 Å². The topological polar surface area (TPSA) is 84.6 Å². The maximum absolute atomic E-state index is 12.2. The summed E-state index contributed by atoms with van der Waals surface area (Å²) in [5, 5.41) is 12.3. The summed E-state index contributed by atoms with van der Waals surface area (Å²) in [4.78, 5) is 12.2. The summed E-state index contributed by atoms with van der Waals surface area (Å²) >= 11 is 5.93. The zero-order chi connectivity index (χ0) is 14.7. The van der Waals surface area contributed by atoms with Gasteiger partial charge < -0.3 is 20.9 Å². The van der Waals surface area contributed by atoms with Crippen LogP contribution in [0.4, 0.5) is 11.4 Å². The first-order valence-corrected chi connectivity index (χ1v) is 6.12. The first-order chi connectivity index (χ1) is 9.51. The number of methoxy groups -OCH3 is 1. The van der Waals surface area contributed by atoms with Crippen LogP contribution in [0.1, 0.15) is 10.4 Å². The molecule has 0 aliphatic carbocycles. The third-order valence-electron chi connectivity index (χ3n) is 2.67. The molecule has 6 heteroatoms. The number of hydrogen-bond donors (Lipinski definition) is 3. The summed E-state index contributed by atoms with van der Waals surface area (Å²) in [6.45, 7) is 0. The van der Waals surface area contributed by atoms with Crippen molar-refractivity contribution in [3.05, 3.63) is 47.0 Å². The van der Waals surface area contributed by atoms with E-state index >= 15 is 0 Å². The van der Waals surface area contributed by atoms with E-state index in [1.807, 2.05) is 0 Å². The van der Waals surface area contributed by atoms with Gasteiger partial charge in [-0.3, -0.25) is 4.79 Å². The summed E-state index contributed by atoms with van der Waals surface area (Å²) < 4.78 is 5.14. The quantitative estimate of drug-likeness (QED) is 0.759. The molecule has 0 saturated carbocycles. The number of aromatic hydroxyl groups is 1. The van der Waals surface area contributed by atoms with E-state index in [9.17, 15) is 9.90 Å². The molecule has 5 nitrogen and oxygen atoms in total. The Bertz CT molecular complexity index is 659. The Kier molecular flexibility index (Phi) is 4.00. The van der Waals surface area contributed by atoms with E-state index in [4.69, 9.17) is 22.1 Å². The fourth-order valence-corrected chi connectivity index (χ4v) is 1.90. The second kappa shape index (κ2) is 5.71. The van der Waals surface area contributed by atoms with Gasteiger partial charge in [-0.1, -0.05) is 11.6 Å². The van der Waals surface area contributed by atoms with E-state index < -0.39 is 5.91 Å². The number of carbonyl (C=O) groups is 1. The van der Waals surface area contributed by atoms with E-state index in [0.29, 0.717) is 17.1 Å². The normalized spacial score (nSPS) is 10.1. The number of benzene rings is 2. The van der Waals surface area contributed by atoms with Crippen LogP contribution in [0.15, 0.2) is 36.4 Å².